The van der Waals surface area contributed by atoms with Gasteiger partial charge in [-0.15, -0.1) is 0 Å². The summed E-state index contributed by atoms with van der Waals surface area (Å²) in [7, 11) is 0. The van der Waals surface area contributed by atoms with Crippen LogP contribution < -0.4 is 4.74 Å². The standard InChI is InChI=1S/C30H31N3O2/c1-2-3-10-21-35-25-17-15-24(16-18-25)29-26-27(23-13-8-5-9-14-23)31-32-28(26)30(34)33(29)20-19-22-11-6-4-7-12-22/h4-9,11-18,29H,2-3,10,19-21H2,1H3,(H,31,32). The molecule has 35 heavy (non-hydrogen) atoms. The van der Waals surface area contributed by atoms with Gasteiger partial charge in [0.2, 0.25) is 0 Å². The number of amides is 1. The average Bonchev–Trinajstić information content (AvgIpc) is 3.46. The van der Waals surface area contributed by atoms with Crippen LogP contribution in [0.25, 0.3) is 11.3 Å². The quantitative estimate of drug-likeness (QED) is 0.274. The number of ether oxygens (including phenoxy) is 1. The number of nitrogens with zero attached hydrogens (tertiary/aromatic N) is 2. The number of aromatic amines is 1. The van der Waals surface area contributed by atoms with Gasteiger partial charge < -0.3 is 9.64 Å². The third-order valence-electron chi connectivity index (χ3n) is 6.61. The molecule has 0 saturated heterocycles. The van der Waals surface area contributed by atoms with Gasteiger partial charge in [0.1, 0.15) is 11.4 Å². The Morgan fingerprint density at radius 2 is 1.63 bits per heavy atom. The maximum Gasteiger partial charge on any atom is 0.273 e. The van der Waals surface area contributed by atoms with Crippen molar-refractivity contribution in [2.24, 2.45) is 0 Å². The molecule has 5 heteroatoms. The zero-order valence-electron chi connectivity index (χ0n) is 20.1. The van der Waals surface area contributed by atoms with E-state index in [2.05, 4.69) is 41.4 Å². The minimum atomic E-state index is -0.204. The van der Waals surface area contributed by atoms with Crippen molar-refractivity contribution in [3.63, 3.8) is 0 Å². The van der Waals surface area contributed by atoms with Crippen LogP contribution >= 0.6 is 0 Å². The molecule has 0 spiro atoms. The van der Waals surface area contributed by atoms with Crippen LogP contribution in [0.2, 0.25) is 0 Å². The molecule has 2 heterocycles. The first-order valence-electron chi connectivity index (χ1n) is 12.5. The number of H-pyrrole nitrogens is 1. The van der Waals surface area contributed by atoms with Crippen LogP contribution in [-0.4, -0.2) is 34.2 Å². The Bertz CT molecular complexity index is 1250. The molecule has 5 rings (SSSR count). The van der Waals surface area contributed by atoms with Crippen LogP contribution in [-0.2, 0) is 6.42 Å². The van der Waals surface area contributed by atoms with Crippen molar-refractivity contribution < 1.29 is 9.53 Å². The van der Waals surface area contributed by atoms with Crippen LogP contribution in [0.1, 0.15) is 59.4 Å². The monoisotopic (exact) mass is 465 g/mol. The molecule has 1 unspecified atom stereocenters. The minimum absolute atomic E-state index is 0.00416. The van der Waals surface area contributed by atoms with E-state index in [1.165, 1.54) is 18.4 Å². The van der Waals surface area contributed by atoms with Gasteiger partial charge in [-0.3, -0.25) is 9.89 Å². The molecule has 0 radical (unpaired) electrons. The van der Waals surface area contributed by atoms with E-state index in [1.807, 2.05) is 65.6 Å². The molecule has 3 aromatic carbocycles. The van der Waals surface area contributed by atoms with Crippen LogP contribution in [0, 0.1) is 0 Å². The normalized spacial score (nSPS) is 14.8. The van der Waals surface area contributed by atoms with Crippen molar-refractivity contribution >= 4 is 5.91 Å². The highest BCUT2D eigenvalue weighted by atomic mass is 16.5. The summed E-state index contributed by atoms with van der Waals surface area (Å²) in [6.45, 7) is 3.54. The largest absolute Gasteiger partial charge is 0.494 e. The number of hydrogen-bond acceptors (Lipinski definition) is 3. The molecule has 1 atom stereocenters. The van der Waals surface area contributed by atoms with Gasteiger partial charge in [-0.1, -0.05) is 92.6 Å². The molecule has 4 aromatic rings. The highest BCUT2D eigenvalue weighted by Crippen LogP contribution is 2.43. The molecular formula is C30H31N3O2. The lowest BCUT2D eigenvalue weighted by Crippen LogP contribution is -2.31. The maximum atomic E-state index is 13.5. The zero-order valence-corrected chi connectivity index (χ0v) is 20.1. The lowest BCUT2D eigenvalue weighted by atomic mass is 9.96. The summed E-state index contributed by atoms with van der Waals surface area (Å²) < 4.78 is 5.93. The van der Waals surface area contributed by atoms with Gasteiger partial charge in [0.05, 0.1) is 18.3 Å². The lowest BCUT2D eigenvalue weighted by Gasteiger charge is -2.26. The summed E-state index contributed by atoms with van der Waals surface area (Å²) in [4.78, 5) is 15.5. The van der Waals surface area contributed by atoms with E-state index in [9.17, 15) is 4.79 Å². The first-order valence-corrected chi connectivity index (χ1v) is 12.5. The Labute approximate surface area is 206 Å². The summed E-state index contributed by atoms with van der Waals surface area (Å²) in [5, 5.41) is 7.61. The Balaban J connectivity index is 1.46. The topological polar surface area (TPSA) is 58.2 Å². The zero-order chi connectivity index (χ0) is 24.0. The second-order valence-electron chi connectivity index (χ2n) is 8.99. The lowest BCUT2D eigenvalue weighted by molar-refractivity contribution is 0.0746. The fraction of sp³-hybridized carbons (Fsp3) is 0.267. The van der Waals surface area contributed by atoms with Gasteiger partial charge in [-0.25, -0.2) is 0 Å². The van der Waals surface area contributed by atoms with Crippen molar-refractivity contribution in [2.75, 3.05) is 13.2 Å². The maximum absolute atomic E-state index is 13.5. The Kier molecular flexibility index (Phi) is 6.94. The fourth-order valence-corrected chi connectivity index (χ4v) is 4.77. The summed E-state index contributed by atoms with van der Waals surface area (Å²) in [6, 6.07) is 28.4. The summed E-state index contributed by atoms with van der Waals surface area (Å²) in [5.41, 5.74) is 5.65. The second kappa shape index (κ2) is 10.6. The number of unbranched alkanes of at least 4 members (excludes halogenated alkanes) is 2. The van der Waals surface area contributed by atoms with E-state index in [0.29, 0.717) is 12.2 Å². The van der Waals surface area contributed by atoms with E-state index >= 15 is 0 Å². The molecule has 5 nitrogen and oxygen atoms in total. The SMILES string of the molecule is CCCCCOc1ccc(C2c3c(-c4ccccc4)n[nH]c3C(=O)N2CCc2ccccc2)cc1. The van der Waals surface area contributed by atoms with Gasteiger partial charge in [0.15, 0.2) is 0 Å². The Morgan fingerprint density at radius 1 is 0.914 bits per heavy atom. The number of hydrogen-bond donors (Lipinski definition) is 1. The van der Waals surface area contributed by atoms with Gasteiger partial charge in [-0.05, 0) is 36.1 Å². The number of carbonyl (C=O) groups excluding carboxylic acids is 1. The molecule has 1 aliphatic heterocycles. The van der Waals surface area contributed by atoms with Crippen molar-refractivity contribution in [2.45, 2.75) is 38.6 Å². The van der Waals surface area contributed by atoms with Gasteiger partial charge in [0.25, 0.3) is 5.91 Å². The van der Waals surface area contributed by atoms with Crippen LogP contribution in [0.3, 0.4) is 0 Å². The van der Waals surface area contributed by atoms with Gasteiger partial charge >= 0.3 is 0 Å². The van der Waals surface area contributed by atoms with Crippen LogP contribution in [0.15, 0.2) is 84.9 Å². The van der Waals surface area contributed by atoms with E-state index < -0.39 is 0 Å². The average molecular weight is 466 g/mol. The fourth-order valence-electron chi connectivity index (χ4n) is 4.77. The predicted molar refractivity (Wildman–Crippen MR) is 139 cm³/mol. The van der Waals surface area contributed by atoms with Gasteiger partial charge in [0, 0.05) is 17.7 Å². The number of aromatic nitrogens is 2. The van der Waals surface area contributed by atoms with E-state index in [4.69, 9.17) is 4.74 Å². The number of fused-ring (bicyclic) bond motifs is 1. The molecule has 178 valence electrons. The molecule has 0 saturated carbocycles. The van der Waals surface area contributed by atoms with Crippen LogP contribution in [0.5, 0.6) is 5.75 Å². The molecule has 0 fully saturated rings. The number of carbonyl (C=O) groups is 1. The van der Waals surface area contributed by atoms with E-state index in [0.717, 1.165) is 47.6 Å². The van der Waals surface area contributed by atoms with Crippen molar-refractivity contribution in [3.8, 4) is 17.0 Å². The Hall–Kier alpha value is -3.86. The molecule has 1 amide bonds. The molecule has 0 aliphatic carbocycles. The van der Waals surface area contributed by atoms with E-state index in [1.54, 1.807) is 0 Å². The minimum Gasteiger partial charge on any atom is -0.494 e. The molecule has 1 aromatic heterocycles. The van der Waals surface area contributed by atoms with Crippen LogP contribution in [0.4, 0.5) is 0 Å². The predicted octanol–water partition coefficient (Wildman–Crippen LogP) is 6.43. The van der Waals surface area contributed by atoms with Gasteiger partial charge in [-0.2, -0.15) is 5.10 Å². The highest BCUT2D eigenvalue weighted by Gasteiger charge is 2.41. The molecule has 0 bridgehead atoms. The molecular weight excluding hydrogens is 434 g/mol. The molecule has 1 aliphatic rings. The summed E-state index contributed by atoms with van der Waals surface area (Å²) in [6.07, 6.45) is 4.19. The molecule has 1 N–H and O–H groups in total. The summed E-state index contributed by atoms with van der Waals surface area (Å²) in [5.74, 6) is 0.858. The van der Waals surface area contributed by atoms with Crippen molar-refractivity contribution in [1.82, 2.24) is 15.1 Å². The highest BCUT2D eigenvalue weighted by molar-refractivity contribution is 6.00. The summed E-state index contributed by atoms with van der Waals surface area (Å²) >= 11 is 0. The number of benzene rings is 3. The third-order valence-corrected chi connectivity index (χ3v) is 6.61. The first-order chi connectivity index (χ1) is 17.3. The number of rotatable bonds is 10. The Morgan fingerprint density at radius 3 is 2.34 bits per heavy atom. The smallest absolute Gasteiger partial charge is 0.273 e. The van der Waals surface area contributed by atoms with E-state index in [-0.39, 0.29) is 11.9 Å². The number of nitrogens with one attached hydrogen (secondary N) is 1. The van der Waals surface area contributed by atoms with Crippen molar-refractivity contribution in [3.05, 3.63) is 107 Å². The first kappa shape index (κ1) is 22.9. The second-order valence-corrected chi connectivity index (χ2v) is 8.99. The van der Waals surface area contributed by atoms with Crippen molar-refractivity contribution in [1.29, 1.82) is 0 Å². The third kappa shape index (κ3) is 4.85.